The lowest BCUT2D eigenvalue weighted by Gasteiger charge is -2.34. The fraction of sp³-hybridized carbons (Fsp3) is 0.556. The summed E-state index contributed by atoms with van der Waals surface area (Å²) in [4.78, 5) is 15.8. The molecule has 2 saturated heterocycles. The Kier molecular flexibility index (Phi) is 4.74. The molecular weight excluding hydrogens is 318 g/mol. The number of nitrogens with zero attached hydrogens (tertiary/aromatic N) is 5. The Hall–Kier alpha value is -2.28. The lowest BCUT2D eigenvalue weighted by atomic mass is 9.90. The van der Waals surface area contributed by atoms with Crippen LogP contribution in [0.25, 0.3) is 11.4 Å². The van der Waals surface area contributed by atoms with Crippen LogP contribution in [-0.2, 0) is 16.1 Å². The molecule has 2 aliphatic rings. The molecule has 7 nitrogen and oxygen atoms in total. The van der Waals surface area contributed by atoms with Crippen LogP contribution >= 0.6 is 0 Å². The third kappa shape index (κ3) is 3.71. The molecule has 1 aromatic heterocycles. The molecule has 1 aromatic carbocycles. The van der Waals surface area contributed by atoms with Gasteiger partial charge >= 0.3 is 0 Å². The van der Waals surface area contributed by atoms with Gasteiger partial charge in [-0.2, -0.15) is 4.80 Å². The second-order valence-corrected chi connectivity index (χ2v) is 6.78. The van der Waals surface area contributed by atoms with E-state index in [1.54, 1.807) is 0 Å². The number of aromatic nitrogens is 4. The van der Waals surface area contributed by atoms with E-state index >= 15 is 0 Å². The number of carbonyl (C=O) groups is 1. The lowest BCUT2D eigenvalue weighted by molar-refractivity contribution is -0.134. The first-order valence-electron chi connectivity index (χ1n) is 9.02. The maximum absolute atomic E-state index is 12.5. The highest BCUT2D eigenvalue weighted by Crippen LogP contribution is 2.28. The molecule has 2 fully saturated rings. The molecule has 0 radical (unpaired) electrons. The van der Waals surface area contributed by atoms with E-state index in [4.69, 9.17) is 4.74 Å². The van der Waals surface area contributed by atoms with Gasteiger partial charge in [0, 0.05) is 25.3 Å². The Morgan fingerprint density at radius 2 is 1.96 bits per heavy atom. The largest absolute Gasteiger partial charge is 0.378 e. The summed E-state index contributed by atoms with van der Waals surface area (Å²) in [6.45, 7) is 2.63. The highest BCUT2D eigenvalue weighted by Gasteiger charge is 2.31. The third-order valence-corrected chi connectivity index (χ3v) is 5.14. The zero-order valence-electron chi connectivity index (χ0n) is 14.3. The van der Waals surface area contributed by atoms with E-state index in [2.05, 4.69) is 15.4 Å². The van der Waals surface area contributed by atoms with Gasteiger partial charge in [-0.05, 0) is 36.8 Å². The second kappa shape index (κ2) is 7.31. The SMILES string of the molecule is O=C(Cn1nnc(-c2ccccc2)n1)N1CCC(C2CCCO2)CC1. The average Bonchev–Trinajstić information content (AvgIpc) is 3.35. The molecule has 1 atom stereocenters. The van der Waals surface area contributed by atoms with Gasteiger partial charge in [0.2, 0.25) is 11.7 Å². The maximum Gasteiger partial charge on any atom is 0.246 e. The number of benzene rings is 1. The van der Waals surface area contributed by atoms with Gasteiger partial charge in [0.05, 0.1) is 6.10 Å². The Balaban J connectivity index is 1.31. The van der Waals surface area contributed by atoms with Crippen LogP contribution in [0, 0.1) is 5.92 Å². The molecule has 3 heterocycles. The highest BCUT2D eigenvalue weighted by molar-refractivity contribution is 5.75. The van der Waals surface area contributed by atoms with Crippen molar-refractivity contribution in [2.45, 2.75) is 38.3 Å². The Bertz CT molecular complexity index is 703. The number of rotatable bonds is 4. The van der Waals surface area contributed by atoms with Crippen molar-refractivity contribution in [1.82, 2.24) is 25.1 Å². The molecule has 0 N–H and O–H groups in total. The van der Waals surface area contributed by atoms with Gasteiger partial charge in [-0.1, -0.05) is 30.3 Å². The summed E-state index contributed by atoms with van der Waals surface area (Å²) in [5, 5.41) is 12.4. The Labute approximate surface area is 147 Å². The fourth-order valence-corrected chi connectivity index (χ4v) is 3.73. The van der Waals surface area contributed by atoms with Crippen molar-refractivity contribution in [1.29, 1.82) is 0 Å². The smallest absolute Gasteiger partial charge is 0.246 e. The standard InChI is InChI=1S/C18H23N5O2/c24-17(22-10-8-14(9-11-22)16-7-4-12-25-16)13-23-20-18(19-21-23)15-5-2-1-3-6-15/h1-3,5-6,14,16H,4,7-13H2. The first-order chi connectivity index (χ1) is 12.3. The van der Waals surface area contributed by atoms with Gasteiger partial charge in [0.15, 0.2) is 0 Å². The third-order valence-electron chi connectivity index (χ3n) is 5.14. The van der Waals surface area contributed by atoms with Crippen molar-refractivity contribution in [3.05, 3.63) is 30.3 Å². The molecule has 2 aliphatic heterocycles. The number of amides is 1. The molecule has 25 heavy (non-hydrogen) atoms. The maximum atomic E-state index is 12.5. The van der Waals surface area contributed by atoms with E-state index in [0.29, 0.717) is 17.8 Å². The molecule has 1 unspecified atom stereocenters. The molecule has 0 spiro atoms. The summed E-state index contributed by atoms with van der Waals surface area (Å²) >= 11 is 0. The van der Waals surface area contributed by atoms with E-state index in [0.717, 1.165) is 38.1 Å². The van der Waals surface area contributed by atoms with E-state index in [1.165, 1.54) is 17.6 Å². The van der Waals surface area contributed by atoms with Crippen molar-refractivity contribution < 1.29 is 9.53 Å². The molecule has 4 rings (SSSR count). The van der Waals surface area contributed by atoms with Crippen LogP contribution in [0.3, 0.4) is 0 Å². The molecule has 0 saturated carbocycles. The monoisotopic (exact) mass is 341 g/mol. The van der Waals surface area contributed by atoms with Crippen LogP contribution in [0.5, 0.6) is 0 Å². The van der Waals surface area contributed by atoms with E-state index in [-0.39, 0.29) is 12.5 Å². The molecular formula is C18H23N5O2. The minimum absolute atomic E-state index is 0.0581. The Morgan fingerprint density at radius 1 is 1.16 bits per heavy atom. The van der Waals surface area contributed by atoms with Gasteiger partial charge in [0.1, 0.15) is 6.54 Å². The number of tetrazole rings is 1. The van der Waals surface area contributed by atoms with Gasteiger partial charge in [-0.15, -0.1) is 10.2 Å². The van der Waals surface area contributed by atoms with Crippen LogP contribution in [0.2, 0.25) is 0 Å². The predicted octanol–water partition coefficient (Wildman–Crippen LogP) is 1.76. The summed E-state index contributed by atoms with van der Waals surface area (Å²) in [6, 6.07) is 9.66. The topological polar surface area (TPSA) is 73.1 Å². The predicted molar refractivity (Wildman–Crippen MR) is 91.5 cm³/mol. The van der Waals surface area contributed by atoms with Crippen molar-refractivity contribution in [3.8, 4) is 11.4 Å². The number of hydrogen-bond donors (Lipinski definition) is 0. The number of hydrogen-bond acceptors (Lipinski definition) is 5. The van der Waals surface area contributed by atoms with Gasteiger partial charge < -0.3 is 9.64 Å². The summed E-state index contributed by atoms with van der Waals surface area (Å²) in [7, 11) is 0. The lowest BCUT2D eigenvalue weighted by Crippen LogP contribution is -2.42. The van der Waals surface area contributed by atoms with Crippen LogP contribution in [0.15, 0.2) is 30.3 Å². The molecule has 0 bridgehead atoms. The summed E-state index contributed by atoms with van der Waals surface area (Å²) < 4.78 is 5.79. The second-order valence-electron chi connectivity index (χ2n) is 6.78. The quantitative estimate of drug-likeness (QED) is 0.847. The van der Waals surface area contributed by atoms with Crippen molar-refractivity contribution in [3.63, 3.8) is 0 Å². The van der Waals surface area contributed by atoms with Crippen molar-refractivity contribution in [2.75, 3.05) is 19.7 Å². The molecule has 0 aliphatic carbocycles. The molecule has 1 amide bonds. The van der Waals surface area contributed by atoms with Gasteiger partial charge in [-0.25, -0.2) is 0 Å². The molecule has 2 aromatic rings. The number of carbonyl (C=O) groups excluding carboxylic acids is 1. The van der Waals surface area contributed by atoms with E-state index < -0.39 is 0 Å². The minimum atomic E-state index is 0.0581. The van der Waals surface area contributed by atoms with E-state index in [1.807, 2.05) is 35.2 Å². The van der Waals surface area contributed by atoms with Crippen LogP contribution in [0.4, 0.5) is 0 Å². The van der Waals surface area contributed by atoms with Crippen LogP contribution in [0.1, 0.15) is 25.7 Å². The molecule has 7 heteroatoms. The summed E-state index contributed by atoms with van der Waals surface area (Å²) in [5.41, 5.74) is 0.901. The van der Waals surface area contributed by atoms with E-state index in [9.17, 15) is 4.79 Å². The summed E-state index contributed by atoms with van der Waals surface area (Å²) in [6.07, 6.45) is 4.80. The number of ether oxygens (including phenoxy) is 1. The first-order valence-corrected chi connectivity index (χ1v) is 9.02. The van der Waals surface area contributed by atoms with Crippen molar-refractivity contribution in [2.24, 2.45) is 5.92 Å². The van der Waals surface area contributed by atoms with Crippen molar-refractivity contribution >= 4 is 5.91 Å². The Morgan fingerprint density at radius 3 is 2.68 bits per heavy atom. The highest BCUT2D eigenvalue weighted by atomic mass is 16.5. The minimum Gasteiger partial charge on any atom is -0.378 e. The normalized spacial score (nSPS) is 21.6. The number of likely N-dealkylation sites (tertiary alicyclic amines) is 1. The fourth-order valence-electron chi connectivity index (χ4n) is 3.73. The van der Waals surface area contributed by atoms with Crippen LogP contribution < -0.4 is 0 Å². The zero-order valence-corrected chi connectivity index (χ0v) is 14.3. The summed E-state index contributed by atoms with van der Waals surface area (Å²) in [5.74, 6) is 1.20. The molecule has 132 valence electrons. The van der Waals surface area contributed by atoms with Gasteiger partial charge in [-0.3, -0.25) is 4.79 Å². The average molecular weight is 341 g/mol. The van der Waals surface area contributed by atoms with Gasteiger partial charge in [0.25, 0.3) is 0 Å². The first kappa shape index (κ1) is 16.2. The zero-order chi connectivity index (χ0) is 17.1. The number of piperidine rings is 1. The van der Waals surface area contributed by atoms with Crippen LogP contribution in [-0.4, -0.2) is 56.8 Å².